The van der Waals surface area contributed by atoms with Crippen molar-refractivity contribution < 1.29 is 14.7 Å². The lowest BCUT2D eigenvalue weighted by atomic mass is 9.97. The first kappa shape index (κ1) is 14.6. The van der Waals surface area contributed by atoms with Crippen LogP contribution >= 0.6 is 0 Å². The Kier molecular flexibility index (Phi) is 4.77. The molecule has 1 aromatic carbocycles. The molecule has 1 atom stereocenters. The van der Waals surface area contributed by atoms with E-state index in [0.717, 1.165) is 18.4 Å². The minimum Gasteiger partial charge on any atom is -0.481 e. The molecule has 1 aliphatic heterocycles. The van der Waals surface area contributed by atoms with Crippen molar-refractivity contribution in [1.29, 1.82) is 0 Å². The summed E-state index contributed by atoms with van der Waals surface area (Å²) in [6.07, 6.45) is 2.76. The molecule has 1 heterocycles. The van der Waals surface area contributed by atoms with Crippen LogP contribution in [0.2, 0.25) is 0 Å². The zero-order valence-corrected chi connectivity index (χ0v) is 11.8. The summed E-state index contributed by atoms with van der Waals surface area (Å²) >= 11 is 0. The average Bonchev–Trinajstić information content (AvgIpc) is 2.47. The predicted molar refractivity (Wildman–Crippen MR) is 76.5 cm³/mol. The fourth-order valence-electron chi connectivity index (χ4n) is 2.65. The molecule has 1 aliphatic rings. The van der Waals surface area contributed by atoms with E-state index in [1.807, 2.05) is 12.1 Å². The van der Waals surface area contributed by atoms with Gasteiger partial charge in [0.2, 0.25) is 5.91 Å². The molecule has 108 valence electrons. The number of hydrogen-bond acceptors (Lipinski definition) is 2. The second kappa shape index (κ2) is 6.55. The minimum atomic E-state index is -0.796. The molecule has 1 fully saturated rings. The van der Waals surface area contributed by atoms with E-state index in [9.17, 15) is 9.59 Å². The molecule has 1 saturated heterocycles. The van der Waals surface area contributed by atoms with E-state index >= 15 is 0 Å². The van der Waals surface area contributed by atoms with Gasteiger partial charge in [0.15, 0.2) is 0 Å². The van der Waals surface area contributed by atoms with Crippen molar-refractivity contribution in [2.24, 2.45) is 5.92 Å². The summed E-state index contributed by atoms with van der Waals surface area (Å²) in [6, 6.07) is 8.03. The Morgan fingerprint density at radius 2 is 2.10 bits per heavy atom. The van der Waals surface area contributed by atoms with E-state index in [1.165, 1.54) is 5.56 Å². The van der Waals surface area contributed by atoms with Crippen LogP contribution in [0.4, 0.5) is 0 Å². The van der Waals surface area contributed by atoms with Crippen molar-refractivity contribution in [1.82, 2.24) is 4.90 Å². The molecule has 20 heavy (non-hydrogen) atoms. The van der Waals surface area contributed by atoms with Gasteiger partial charge in [0.05, 0.1) is 12.3 Å². The van der Waals surface area contributed by atoms with Crippen LogP contribution in [0.1, 0.15) is 30.9 Å². The number of amides is 1. The van der Waals surface area contributed by atoms with Gasteiger partial charge in [0.25, 0.3) is 0 Å². The highest BCUT2D eigenvalue weighted by Gasteiger charge is 2.27. The SMILES string of the molecule is CCc1cccc(CC(=O)N2CCCC(C(=O)O)C2)c1. The number of piperidine rings is 1. The summed E-state index contributed by atoms with van der Waals surface area (Å²) in [5, 5.41) is 9.06. The van der Waals surface area contributed by atoms with Crippen LogP contribution in [0.3, 0.4) is 0 Å². The molecule has 0 saturated carbocycles. The first-order chi connectivity index (χ1) is 9.60. The van der Waals surface area contributed by atoms with E-state index < -0.39 is 11.9 Å². The van der Waals surface area contributed by atoms with Crippen LogP contribution in [-0.4, -0.2) is 35.0 Å². The second-order valence-electron chi connectivity index (χ2n) is 5.37. The molecular weight excluding hydrogens is 254 g/mol. The molecule has 0 bridgehead atoms. The second-order valence-corrected chi connectivity index (χ2v) is 5.37. The van der Waals surface area contributed by atoms with Crippen LogP contribution < -0.4 is 0 Å². The van der Waals surface area contributed by atoms with Crippen molar-refractivity contribution in [2.75, 3.05) is 13.1 Å². The van der Waals surface area contributed by atoms with E-state index in [1.54, 1.807) is 4.90 Å². The van der Waals surface area contributed by atoms with Crippen molar-refractivity contribution in [3.8, 4) is 0 Å². The molecule has 4 heteroatoms. The summed E-state index contributed by atoms with van der Waals surface area (Å²) in [7, 11) is 0. The molecule has 1 amide bonds. The number of hydrogen-bond donors (Lipinski definition) is 1. The Balaban J connectivity index is 1.98. The van der Waals surface area contributed by atoms with Gasteiger partial charge < -0.3 is 10.0 Å². The molecule has 0 aromatic heterocycles. The number of rotatable bonds is 4. The fourth-order valence-corrected chi connectivity index (χ4v) is 2.65. The highest BCUT2D eigenvalue weighted by Crippen LogP contribution is 2.18. The van der Waals surface area contributed by atoms with E-state index in [2.05, 4.69) is 19.1 Å². The Labute approximate surface area is 119 Å². The number of carbonyl (C=O) groups is 2. The first-order valence-electron chi connectivity index (χ1n) is 7.18. The number of benzene rings is 1. The molecule has 0 spiro atoms. The summed E-state index contributed by atoms with van der Waals surface area (Å²) in [5.74, 6) is -1.17. The maximum atomic E-state index is 12.3. The number of aliphatic carboxylic acids is 1. The van der Waals surface area contributed by atoms with Gasteiger partial charge in [-0.2, -0.15) is 0 Å². The summed E-state index contributed by atoms with van der Waals surface area (Å²) in [6.45, 7) is 3.11. The maximum absolute atomic E-state index is 12.3. The number of carboxylic acid groups (broad SMARTS) is 1. The van der Waals surface area contributed by atoms with Gasteiger partial charge in [-0.1, -0.05) is 31.2 Å². The Hall–Kier alpha value is -1.84. The Morgan fingerprint density at radius 1 is 1.35 bits per heavy atom. The molecule has 1 aromatic rings. The lowest BCUT2D eigenvalue weighted by molar-refractivity contribution is -0.145. The molecule has 0 radical (unpaired) electrons. The van der Waals surface area contributed by atoms with Crippen molar-refractivity contribution in [3.05, 3.63) is 35.4 Å². The van der Waals surface area contributed by atoms with E-state index in [0.29, 0.717) is 25.9 Å². The third-order valence-electron chi connectivity index (χ3n) is 3.88. The zero-order valence-electron chi connectivity index (χ0n) is 11.8. The highest BCUT2D eigenvalue weighted by atomic mass is 16.4. The maximum Gasteiger partial charge on any atom is 0.308 e. The number of nitrogens with zero attached hydrogens (tertiary/aromatic N) is 1. The fraction of sp³-hybridized carbons (Fsp3) is 0.500. The normalized spacial score (nSPS) is 18.9. The summed E-state index contributed by atoms with van der Waals surface area (Å²) < 4.78 is 0. The number of likely N-dealkylation sites (tertiary alicyclic amines) is 1. The van der Waals surface area contributed by atoms with Gasteiger partial charge in [-0.3, -0.25) is 9.59 Å². The lowest BCUT2D eigenvalue weighted by Crippen LogP contribution is -2.43. The summed E-state index contributed by atoms with van der Waals surface area (Å²) in [5.41, 5.74) is 2.23. The molecular formula is C16H21NO3. The predicted octanol–water partition coefficient (Wildman–Crippen LogP) is 2.11. The quantitative estimate of drug-likeness (QED) is 0.915. The van der Waals surface area contributed by atoms with E-state index in [4.69, 9.17) is 5.11 Å². The Bertz CT molecular complexity index is 498. The molecule has 1 unspecified atom stereocenters. The van der Waals surface area contributed by atoms with Gasteiger partial charge in [-0.15, -0.1) is 0 Å². The van der Waals surface area contributed by atoms with Crippen LogP contribution in [0.5, 0.6) is 0 Å². The van der Waals surface area contributed by atoms with Gasteiger partial charge in [-0.25, -0.2) is 0 Å². The van der Waals surface area contributed by atoms with Crippen LogP contribution in [0.25, 0.3) is 0 Å². The smallest absolute Gasteiger partial charge is 0.308 e. The standard InChI is InChI=1S/C16H21NO3/c1-2-12-5-3-6-13(9-12)10-15(18)17-8-4-7-14(11-17)16(19)20/h3,5-6,9,14H,2,4,7-8,10-11H2,1H3,(H,19,20). The zero-order chi connectivity index (χ0) is 14.5. The number of carboxylic acids is 1. The molecule has 4 nitrogen and oxygen atoms in total. The molecule has 2 rings (SSSR count). The van der Waals surface area contributed by atoms with Gasteiger partial charge >= 0.3 is 5.97 Å². The average molecular weight is 275 g/mol. The van der Waals surface area contributed by atoms with Crippen LogP contribution in [0.15, 0.2) is 24.3 Å². The van der Waals surface area contributed by atoms with Gasteiger partial charge in [0, 0.05) is 13.1 Å². The lowest BCUT2D eigenvalue weighted by Gasteiger charge is -2.30. The molecule has 1 N–H and O–H groups in total. The first-order valence-corrected chi connectivity index (χ1v) is 7.18. The number of carbonyl (C=O) groups excluding carboxylic acids is 1. The summed E-state index contributed by atoms with van der Waals surface area (Å²) in [4.78, 5) is 25.0. The third-order valence-corrected chi connectivity index (χ3v) is 3.88. The van der Waals surface area contributed by atoms with Crippen LogP contribution in [0, 0.1) is 5.92 Å². The van der Waals surface area contributed by atoms with Gasteiger partial charge in [0.1, 0.15) is 0 Å². The van der Waals surface area contributed by atoms with E-state index in [-0.39, 0.29) is 5.91 Å². The number of aryl methyl sites for hydroxylation is 1. The topological polar surface area (TPSA) is 57.6 Å². The van der Waals surface area contributed by atoms with Crippen molar-refractivity contribution >= 4 is 11.9 Å². The molecule has 0 aliphatic carbocycles. The monoisotopic (exact) mass is 275 g/mol. The minimum absolute atomic E-state index is 0.0317. The van der Waals surface area contributed by atoms with Gasteiger partial charge in [-0.05, 0) is 30.4 Å². The largest absolute Gasteiger partial charge is 0.481 e. The van der Waals surface area contributed by atoms with Crippen LogP contribution in [-0.2, 0) is 22.4 Å². The van der Waals surface area contributed by atoms with Crippen molar-refractivity contribution in [2.45, 2.75) is 32.6 Å². The third kappa shape index (κ3) is 3.59. The highest BCUT2D eigenvalue weighted by molar-refractivity contribution is 5.80. The Morgan fingerprint density at radius 3 is 2.80 bits per heavy atom. The van der Waals surface area contributed by atoms with Crippen molar-refractivity contribution in [3.63, 3.8) is 0 Å².